The van der Waals surface area contributed by atoms with Crippen LogP contribution in [0.3, 0.4) is 0 Å². The van der Waals surface area contributed by atoms with Crippen LogP contribution in [0.1, 0.15) is 39.9 Å². The van der Waals surface area contributed by atoms with E-state index in [-0.39, 0.29) is 41.1 Å². The second-order valence-electron chi connectivity index (χ2n) is 8.05. The zero-order valence-corrected chi connectivity index (χ0v) is 23.1. The highest BCUT2D eigenvalue weighted by Gasteiger charge is 2.35. The molecule has 0 saturated carbocycles. The summed E-state index contributed by atoms with van der Waals surface area (Å²) in [6.07, 6.45) is 1.45. The first-order chi connectivity index (χ1) is 18.8. The lowest BCUT2D eigenvalue weighted by Gasteiger charge is -2.17. The van der Waals surface area contributed by atoms with Crippen molar-refractivity contribution in [1.29, 1.82) is 5.26 Å². The minimum absolute atomic E-state index is 0.00409. The molecule has 4 rings (SSSR count). The quantitative estimate of drug-likeness (QED) is 0.192. The summed E-state index contributed by atoms with van der Waals surface area (Å²) in [5.41, 5.74) is 1.60. The highest BCUT2D eigenvalue weighted by molar-refractivity contribution is 9.10. The smallest absolute Gasteiger partial charge is 0.373 e. The Kier molecular flexibility index (Phi) is 8.59. The number of halogens is 2. The molecule has 200 valence electrons. The Balaban J connectivity index is 1.59. The van der Waals surface area contributed by atoms with Crippen molar-refractivity contribution < 1.29 is 33.0 Å². The summed E-state index contributed by atoms with van der Waals surface area (Å²) in [4.78, 5) is 38.1. The molecule has 1 N–H and O–H groups in total. The van der Waals surface area contributed by atoms with Crippen LogP contribution in [0.4, 0.5) is 4.79 Å². The van der Waals surface area contributed by atoms with E-state index in [1.165, 1.54) is 25.3 Å². The van der Waals surface area contributed by atoms with E-state index >= 15 is 0 Å². The zero-order chi connectivity index (χ0) is 28.1. The third-order valence-electron chi connectivity index (χ3n) is 5.59. The second kappa shape index (κ2) is 12.1. The number of benzene rings is 2. The first-order valence-electron chi connectivity index (χ1n) is 11.5. The number of ether oxygens (including phenoxy) is 3. The third-order valence-corrected chi connectivity index (χ3v) is 7.03. The van der Waals surface area contributed by atoms with Crippen molar-refractivity contribution >= 4 is 51.5 Å². The molecular weight excluding hydrogens is 594 g/mol. The van der Waals surface area contributed by atoms with Crippen LogP contribution in [0.5, 0.6) is 11.5 Å². The Hall–Kier alpha value is -4.27. The predicted molar refractivity (Wildman–Crippen MR) is 143 cm³/mol. The number of methoxy groups -OCH3 is 1. The lowest BCUT2D eigenvalue weighted by atomic mass is 10.1. The van der Waals surface area contributed by atoms with Gasteiger partial charge in [0.05, 0.1) is 31.9 Å². The highest BCUT2D eigenvalue weighted by atomic mass is 79.9. The molecule has 0 spiro atoms. The van der Waals surface area contributed by atoms with Crippen LogP contribution in [-0.4, -0.2) is 36.5 Å². The molecule has 39 heavy (non-hydrogen) atoms. The molecule has 1 aliphatic heterocycles. The molecule has 1 aromatic heterocycles. The Morgan fingerprint density at radius 2 is 2.00 bits per heavy atom. The Morgan fingerprint density at radius 3 is 2.72 bits per heavy atom. The number of imide groups is 1. The summed E-state index contributed by atoms with van der Waals surface area (Å²) >= 11 is 10.1. The number of esters is 1. The molecule has 1 saturated heterocycles. The van der Waals surface area contributed by atoms with Gasteiger partial charge in [-0.05, 0) is 58.8 Å². The number of carbonyl (C=O) groups excluding carboxylic acids is 3. The number of nitriles is 1. The molecule has 0 radical (unpaired) electrons. The SMILES string of the molecule is CCOc1cc(/C=C2\NC(=O)N(Cc3ccc(C(=O)OC)o3)C2=O)c(Br)c(Cl)c1OCc1ccccc1C#N. The average Bonchev–Trinajstić information content (AvgIpc) is 3.51. The van der Waals surface area contributed by atoms with Crippen molar-refractivity contribution in [3.8, 4) is 17.6 Å². The van der Waals surface area contributed by atoms with Crippen molar-refractivity contribution in [3.05, 3.63) is 85.9 Å². The summed E-state index contributed by atoms with van der Waals surface area (Å²) in [6.45, 7) is 1.98. The number of nitrogens with one attached hydrogen (secondary N) is 1. The van der Waals surface area contributed by atoms with Crippen molar-refractivity contribution in [1.82, 2.24) is 10.2 Å². The van der Waals surface area contributed by atoms with Crippen LogP contribution in [0.25, 0.3) is 6.08 Å². The summed E-state index contributed by atoms with van der Waals surface area (Å²) in [6, 6.07) is 13.0. The first kappa shape index (κ1) is 27.8. The van der Waals surface area contributed by atoms with Gasteiger partial charge in [-0.3, -0.25) is 9.69 Å². The Bertz CT molecular complexity index is 1530. The summed E-state index contributed by atoms with van der Waals surface area (Å²) < 4.78 is 22.1. The van der Waals surface area contributed by atoms with Crippen molar-refractivity contribution in [2.45, 2.75) is 20.1 Å². The van der Waals surface area contributed by atoms with Crippen LogP contribution in [0.2, 0.25) is 5.02 Å². The molecule has 3 amide bonds. The second-order valence-corrected chi connectivity index (χ2v) is 9.22. The number of nitrogens with zero attached hydrogens (tertiary/aromatic N) is 2. The van der Waals surface area contributed by atoms with Crippen LogP contribution in [0.15, 0.2) is 57.1 Å². The van der Waals surface area contributed by atoms with E-state index in [0.29, 0.717) is 33.5 Å². The van der Waals surface area contributed by atoms with E-state index < -0.39 is 17.9 Å². The molecule has 12 heteroatoms. The standard InChI is InChI=1S/C27H21BrClN3O7/c1-3-37-21-11-17(22(28)23(29)24(21)38-14-16-7-5-4-6-15(16)12-30)10-19-25(33)32(27(35)31-19)13-18-8-9-20(39-18)26(34)36-2/h4-11H,3,13-14H2,1-2H3,(H,31,35)/b19-10-. The summed E-state index contributed by atoms with van der Waals surface area (Å²) in [5, 5.41) is 12.1. The maximum Gasteiger partial charge on any atom is 0.373 e. The first-order valence-corrected chi connectivity index (χ1v) is 12.7. The molecule has 1 aliphatic rings. The predicted octanol–water partition coefficient (Wildman–Crippen LogP) is 5.42. The summed E-state index contributed by atoms with van der Waals surface area (Å²) in [5.74, 6) is -0.536. The van der Waals surface area contributed by atoms with Crippen LogP contribution < -0.4 is 14.8 Å². The number of amides is 3. The van der Waals surface area contributed by atoms with Crippen molar-refractivity contribution in [3.63, 3.8) is 0 Å². The fraction of sp³-hybridized carbons (Fsp3) is 0.185. The van der Waals surface area contributed by atoms with Crippen LogP contribution in [0, 0.1) is 11.3 Å². The molecule has 0 atom stereocenters. The molecule has 0 unspecified atom stereocenters. The van der Waals surface area contributed by atoms with E-state index in [9.17, 15) is 19.6 Å². The number of urea groups is 1. The maximum absolute atomic E-state index is 13.0. The molecule has 10 nitrogen and oxygen atoms in total. The summed E-state index contributed by atoms with van der Waals surface area (Å²) in [7, 11) is 1.22. The van der Waals surface area contributed by atoms with Gasteiger partial charge in [0.25, 0.3) is 5.91 Å². The van der Waals surface area contributed by atoms with E-state index in [2.05, 4.69) is 32.1 Å². The third kappa shape index (κ3) is 5.92. The van der Waals surface area contributed by atoms with Crippen molar-refractivity contribution in [2.24, 2.45) is 0 Å². The van der Waals surface area contributed by atoms with Gasteiger partial charge in [-0.15, -0.1) is 0 Å². The average molecular weight is 615 g/mol. The van der Waals surface area contributed by atoms with Crippen molar-refractivity contribution in [2.75, 3.05) is 13.7 Å². The monoisotopic (exact) mass is 613 g/mol. The number of carbonyl (C=O) groups is 3. The van der Waals surface area contributed by atoms with Gasteiger partial charge < -0.3 is 23.9 Å². The van der Waals surface area contributed by atoms with Gasteiger partial charge in [0, 0.05) is 10.0 Å². The molecule has 0 bridgehead atoms. The van der Waals surface area contributed by atoms with Gasteiger partial charge in [-0.25, -0.2) is 9.59 Å². The number of rotatable bonds is 9. The van der Waals surface area contributed by atoms with E-state index in [0.717, 1.165) is 4.90 Å². The van der Waals surface area contributed by atoms with E-state index in [1.807, 2.05) is 0 Å². The number of furan rings is 1. The maximum atomic E-state index is 13.0. The van der Waals surface area contributed by atoms with Gasteiger partial charge in [0.2, 0.25) is 5.76 Å². The number of hydrogen-bond acceptors (Lipinski definition) is 8. The van der Waals surface area contributed by atoms with Gasteiger partial charge in [0.1, 0.15) is 23.1 Å². The van der Waals surface area contributed by atoms with Gasteiger partial charge in [0.15, 0.2) is 11.5 Å². The minimum atomic E-state index is -0.674. The molecule has 1 fully saturated rings. The lowest BCUT2D eigenvalue weighted by Crippen LogP contribution is -2.30. The molecule has 3 aromatic rings. The van der Waals surface area contributed by atoms with Crippen LogP contribution in [-0.2, 0) is 22.7 Å². The van der Waals surface area contributed by atoms with Gasteiger partial charge >= 0.3 is 12.0 Å². The lowest BCUT2D eigenvalue weighted by molar-refractivity contribution is -0.123. The fourth-order valence-corrected chi connectivity index (χ4v) is 4.38. The largest absolute Gasteiger partial charge is 0.490 e. The molecule has 2 heterocycles. The number of hydrogen-bond donors (Lipinski definition) is 1. The Labute approximate surface area is 236 Å². The zero-order valence-electron chi connectivity index (χ0n) is 20.7. The van der Waals surface area contributed by atoms with Gasteiger partial charge in [-0.1, -0.05) is 29.8 Å². The fourth-order valence-electron chi connectivity index (χ4n) is 3.71. The van der Waals surface area contributed by atoms with E-state index in [4.69, 9.17) is 25.5 Å². The molecular formula is C27H21BrClN3O7. The normalized spacial score (nSPS) is 13.8. The topological polar surface area (TPSA) is 131 Å². The highest BCUT2D eigenvalue weighted by Crippen LogP contribution is 2.44. The van der Waals surface area contributed by atoms with E-state index in [1.54, 1.807) is 37.3 Å². The Morgan fingerprint density at radius 1 is 1.23 bits per heavy atom. The molecule has 0 aliphatic carbocycles. The van der Waals surface area contributed by atoms with Gasteiger partial charge in [-0.2, -0.15) is 5.26 Å². The minimum Gasteiger partial charge on any atom is -0.490 e. The van der Waals surface area contributed by atoms with Crippen LogP contribution >= 0.6 is 27.5 Å². The molecule has 2 aromatic carbocycles.